The van der Waals surface area contributed by atoms with E-state index in [9.17, 15) is 9.59 Å². The van der Waals surface area contributed by atoms with Gasteiger partial charge in [-0.1, -0.05) is 65.5 Å². The fourth-order valence-corrected chi connectivity index (χ4v) is 1.61. The molecule has 24 heavy (non-hydrogen) atoms. The molecule has 0 saturated heterocycles. The Morgan fingerprint density at radius 2 is 1.83 bits per heavy atom. The predicted molar refractivity (Wildman–Crippen MR) is 107 cm³/mol. The number of allylic oxidation sites excluding steroid dienone is 3. The van der Waals surface area contributed by atoms with Crippen molar-refractivity contribution in [3.05, 3.63) is 49.6 Å². The summed E-state index contributed by atoms with van der Waals surface area (Å²) in [6.45, 7) is 17.9. The zero-order valence-electron chi connectivity index (χ0n) is 15.3. The van der Waals surface area contributed by atoms with Gasteiger partial charge in [0.1, 0.15) is 12.9 Å². The summed E-state index contributed by atoms with van der Waals surface area (Å²) in [4.78, 5) is 22.0. The molecule has 140 valence electrons. The van der Waals surface area contributed by atoms with Crippen LogP contribution in [0.15, 0.2) is 49.6 Å². The van der Waals surface area contributed by atoms with Gasteiger partial charge in [-0.15, -0.1) is 13.2 Å². The minimum Gasteiger partial charge on any atom is -0.461 e. The summed E-state index contributed by atoms with van der Waals surface area (Å²) in [7, 11) is 0. The van der Waals surface area contributed by atoms with Gasteiger partial charge in [0.2, 0.25) is 0 Å². The zero-order chi connectivity index (χ0) is 18.5. The highest BCUT2D eigenvalue weighted by atomic mass is 16.5. The van der Waals surface area contributed by atoms with Crippen molar-refractivity contribution >= 4 is 12.3 Å². The van der Waals surface area contributed by atoms with Crippen LogP contribution >= 0.6 is 0 Å². The van der Waals surface area contributed by atoms with Gasteiger partial charge in [0, 0.05) is 12.8 Å². The summed E-state index contributed by atoms with van der Waals surface area (Å²) in [5, 5.41) is 0. The van der Waals surface area contributed by atoms with Gasteiger partial charge in [0.25, 0.3) is 0 Å². The quantitative estimate of drug-likeness (QED) is 0.210. The van der Waals surface area contributed by atoms with Crippen LogP contribution in [0.2, 0.25) is 0 Å². The maximum Gasteiger partial charge on any atom is 0.306 e. The van der Waals surface area contributed by atoms with E-state index in [1.165, 1.54) is 0 Å². The number of rotatable bonds is 10. The summed E-state index contributed by atoms with van der Waals surface area (Å²) in [6.07, 6.45) is 10.7. The second kappa shape index (κ2) is 26.0. The van der Waals surface area contributed by atoms with E-state index < -0.39 is 0 Å². The maximum atomic E-state index is 11.7. The van der Waals surface area contributed by atoms with Crippen LogP contribution in [-0.4, -0.2) is 18.9 Å². The van der Waals surface area contributed by atoms with Gasteiger partial charge in [-0.25, -0.2) is 0 Å². The van der Waals surface area contributed by atoms with E-state index in [1.807, 2.05) is 45.9 Å². The second-order valence-electron chi connectivity index (χ2n) is 4.35. The van der Waals surface area contributed by atoms with E-state index in [0.29, 0.717) is 12.8 Å². The molecule has 0 heterocycles. The second-order valence-corrected chi connectivity index (χ2v) is 4.35. The fourth-order valence-electron chi connectivity index (χ4n) is 1.61. The highest BCUT2D eigenvalue weighted by Gasteiger charge is 2.13. The molecule has 0 bridgehead atoms. The molecule has 0 fully saturated rings. The Labute approximate surface area is 150 Å². The van der Waals surface area contributed by atoms with Crippen LogP contribution in [0.5, 0.6) is 0 Å². The molecule has 1 atom stereocenters. The molecular formula is C21H38O3. The summed E-state index contributed by atoms with van der Waals surface area (Å²) >= 11 is 0. The number of esters is 1. The minimum absolute atomic E-state index is 0. The Kier molecular flexibility index (Phi) is 32.6. The van der Waals surface area contributed by atoms with E-state index in [1.54, 1.807) is 6.08 Å². The molecule has 0 aliphatic carbocycles. The Morgan fingerprint density at radius 3 is 2.25 bits per heavy atom. The van der Waals surface area contributed by atoms with Gasteiger partial charge >= 0.3 is 5.97 Å². The van der Waals surface area contributed by atoms with Gasteiger partial charge < -0.3 is 9.53 Å². The molecule has 0 aromatic rings. The molecule has 0 amide bonds. The van der Waals surface area contributed by atoms with Crippen LogP contribution in [0, 0.1) is 5.92 Å². The lowest BCUT2D eigenvalue weighted by atomic mass is 9.97. The maximum absolute atomic E-state index is 11.7. The van der Waals surface area contributed by atoms with Crippen molar-refractivity contribution in [1.29, 1.82) is 0 Å². The van der Waals surface area contributed by atoms with Crippen molar-refractivity contribution in [3.63, 3.8) is 0 Å². The van der Waals surface area contributed by atoms with E-state index in [2.05, 4.69) is 19.7 Å². The fraction of sp³-hybridized carbons (Fsp3) is 0.524. The zero-order valence-corrected chi connectivity index (χ0v) is 15.3. The molecule has 3 nitrogen and oxygen atoms in total. The average molecular weight is 339 g/mol. The van der Waals surface area contributed by atoms with Crippen LogP contribution in [0.3, 0.4) is 0 Å². The third-order valence-electron chi connectivity index (χ3n) is 2.89. The first-order valence-electron chi connectivity index (χ1n) is 8.21. The molecule has 0 aliphatic heterocycles. The Hall–Kier alpha value is -1.90. The summed E-state index contributed by atoms with van der Waals surface area (Å²) in [5.74, 6) is 0.00961. The number of carbonyl (C=O) groups excluding carboxylic acids is 2. The molecule has 0 rings (SSSR count). The monoisotopic (exact) mass is 338 g/mol. The molecule has 0 radical (unpaired) electrons. The highest BCUT2D eigenvalue weighted by molar-refractivity contribution is 5.70. The lowest BCUT2D eigenvalue weighted by Crippen LogP contribution is -2.12. The van der Waals surface area contributed by atoms with Crippen molar-refractivity contribution in [3.8, 4) is 0 Å². The van der Waals surface area contributed by atoms with Gasteiger partial charge in [0.15, 0.2) is 0 Å². The van der Waals surface area contributed by atoms with Crippen molar-refractivity contribution in [1.82, 2.24) is 0 Å². The van der Waals surface area contributed by atoms with Gasteiger partial charge in [-0.05, 0) is 24.8 Å². The topological polar surface area (TPSA) is 43.4 Å². The molecule has 0 aromatic heterocycles. The molecule has 1 unspecified atom stereocenters. The Bertz CT molecular complexity index is 354. The third-order valence-corrected chi connectivity index (χ3v) is 2.89. The number of aldehydes is 1. The lowest BCUT2D eigenvalue weighted by Gasteiger charge is -2.12. The van der Waals surface area contributed by atoms with Crippen molar-refractivity contribution < 1.29 is 14.3 Å². The van der Waals surface area contributed by atoms with Crippen LogP contribution < -0.4 is 0 Å². The first-order valence-corrected chi connectivity index (χ1v) is 8.21. The number of ether oxygens (including phenoxy) is 1. The van der Waals surface area contributed by atoms with Gasteiger partial charge in [-0.2, -0.15) is 0 Å². The van der Waals surface area contributed by atoms with Gasteiger partial charge in [0.05, 0.1) is 0 Å². The first kappa shape index (κ1) is 30.0. The van der Waals surface area contributed by atoms with Crippen LogP contribution in [0.1, 0.15) is 60.8 Å². The first-order chi connectivity index (χ1) is 11.2. The Morgan fingerprint density at radius 1 is 1.25 bits per heavy atom. The molecule has 0 saturated carbocycles. The van der Waals surface area contributed by atoms with E-state index in [0.717, 1.165) is 24.7 Å². The number of carbonyl (C=O) groups is 2. The summed E-state index contributed by atoms with van der Waals surface area (Å²) in [6, 6.07) is 0. The molecule has 0 N–H and O–H groups in total. The molecular weight excluding hydrogens is 300 g/mol. The smallest absolute Gasteiger partial charge is 0.306 e. The van der Waals surface area contributed by atoms with Gasteiger partial charge in [-0.3, -0.25) is 4.79 Å². The van der Waals surface area contributed by atoms with E-state index >= 15 is 0 Å². The largest absolute Gasteiger partial charge is 0.461 e. The van der Waals surface area contributed by atoms with Crippen LogP contribution in [-0.2, 0) is 14.3 Å². The predicted octanol–water partition coefficient (Wildman–Crippen LogP) is 6.08. The number of hydrogen-bond acceptors (Lipinski definition) is 3. The van der Waals surface area contributed by atoms with Crippen LogP contribution in [0.25, 0.3) is 0 Å². The molecule has 3 heteroatoms. The normalized spacial score (nSPS) is 10.9. The SMILES string of the molecule is C.C=C.C=C/C(=C\C=C/C)COC(=O)CC(CC)CCC=O.CC. The molecule has 0 spiro atoms. The summed E-state index contributed by atoms with van der Waals surface area (Å²) < 4.78 is 5.20. The number of hydrogen-bond donors (Lipinski definition) is 0. The lowest BCUT2D eigenvalue weighted by molar-refractivity contribution is -0.143. The summed E-state index contributed by atoms with van der Waals surface area (Å²) in [5.41, 5.74) is 0.868. The van der Waals surface area contributed by atoms with Crippen molar-refractivity contribution in [2.24, 2.45) is 5.92 Å². The van der Waals surface area contributed by atoms with Crippen molar-refractivity contribution in [2.45, 2.75) is 60.8 Å². The molecule has 0 aromatic carbocycles. The van der Waals surface area contributed by atoms with Crippen LogP contribution in [0.4, 0.5) is 0 Å². The highest BCUT2D eigenvalue weighted by Crippen LogP contribution is 2.15. The van der Waals surface area contributed by atoms with Crippen molar-refractivity contribution in [2.75, 3.05) is 6.61 Å². The minimum atomic E-state index is -0.217. The van der Waals surface area contributed by atoms with E-state index in [-0.39, 0.29) is 25.9 Å². The molecule has 0 aliphatic rings. The Balaban J connectivity index is -0.000000369. The standard InChI is InChI=1S/C16H24O3.C2H6.C2H4.CH4/c1-4-7-9-15(6-3)13-19-16(18)12-14(5-2)10-8-11-17;2*1-2;/h4,6-7,9,11,14H,3,5,8,10,12-13H2,1-2H3;1-2H3;1-2H2;1H4/b7-4-,15-9+;;;. The third kappa shape index (κ3) is 20.1. The van der Waals surface area contributed by atoms with E-state index in [4.69, 9.17) is 4.74 Å². The average Bonchev–Trinajstić information content (AvgIpc) is 2.62.